The van der Waals surface area contributed by atoms with Crippen LogP contribution in [0.15, 0.2) is 54.6 Å². The van der Waals surface area contributed by atoms with Crippen LogP contribution in [0.1, 0.15) is 17.5 Å². The molecule has 2 rings (SSSR count). The lowest BCUT2D eigenvalue weighted by atomic mass is 10.1. The zero-order valence-corrected chi connectivity index (χ0v) is 13.3. The first-order valence-electron chi connectivity index (χ1n) is 7.50. The molecule has 1 amide bonds. The van der Waals surface area contributed by atoms with Gasteiger partial charge in [-0.1, -0.05) is 54.1 Å². The molecule has 0 aliphatic rings. The van der Waals surface area contributed by atoms with Crippen LogP contribution in [0.2, 0.25) is 5.02 Å². The van der Waals surface area contributed by atoms with Gasteiger partial charge in [0.2, 0.25) is 5.91 Å². The molecule has 4 heteroatoms. The van der Waals surface area contributed by atoms with Crippen molar-refractivity contribution in [3.8, 4) is 0 Å². The molecule has 0 saturated heterocycles. The lowest BCUT2D eigenvalue weighted by molar-refractivity contribution is -0.120. The molecule has 22 heavy (non-hydrogen) atoms. The van der Waals surface area contributed by atoms with Gasteiger partial charge in [-0.2, -0.15) is 0 Å². The Morgan fingerprint density at radius 1 is 0.909 bits per heavy atom. The summed E-state index contributed by atoms with van der Waals surface area (Å²) in [5.41, 5.74) is 2.40. The van der Waals surface area contributed by atoms with Crippen LogP contribution in [0.4, 0.5) is 0 Å². The van der Waals surface area contributed by atoms with Gasteiger partial charge in [-0.15, -0.1) is 0 Å². The van der Waals surface area contributed by atoms with Crippen LogP contribution in [0.25, 0.3) is 0 Å². The lowest BCUT2D eigenvalue weighted by Gasteiger charge is -2.07. The first-order chi connectivity index (χ1) is 10.7. The molecule has 0 unspecified atom stereocenters. The van der Waals surface area contributed by atoms with E-state index >= 15 is 0 Å². The zero-order chi connectivity index (χ0) is 15.6. The van der Waals surface area contributed by atoms with E-state index in [1.165, 1.54) is 11.1 Å². The number of hydrogen-bond acceptors (Lipinski definition) is 2. The summed E-state index contributed by atoms with van der Waals surface area (Å²) in [4.78, 5) is 11.7. The Balaban J connectivity index is 1.55. The van der Waals surface area contributed by atoms with Crippen LogP contribution >= 0.6 is 11.6 Å². The summed E-state index contributed by atoms with van der Waals surface area (Å²) in [5, 5.41) is 6.94. The number of rotatable bonds is 8. The predicted molar refractivity (Wildman–Crippen MR) is 90.9 cm³/mol. The van der Waals surface area contributed by atoms with E-state index in [2.05, 4.69) is 22.8 Å². The van der Waals surface area contributed by atoms with Gasteiger partial charge in [-0.05, 0) is 29.7 Å². The summed E-state index contributed by atoms with van der Waals surface area (Å²) in [6.45, 7) is 2.12. The van der Waals surface area contributed by atoms with Gasteiger partial charge in [0.25, 0.3) is 0 Å². The van der Waals surface area contributed by atoms with Crippen molar-refractivity contribution in [3.05, 3.63) is 70.7 Å². The van der Waals surface area contributed by atoms with E-state index < -0.39 is 0 Å². The van der Waals surface area contributed by atoms with Crippen molar-refractivity contribution in [2.45, 2.75) is 19.4 Å². The monoisotopic (exact) mass is 316 g/mol. The van der Waals surface area contributed by atoms with E-state index in [9.17, 15) is 4.79 Å². The molecule has 0 aromatic heterocycles. The fraction of sp³-hybridized carbons (Fsp3) is 0.278. The fourth-order valence-corrected chi connectivity index (χ4v) is 2.24. The Kier molecular flexibility index (Phi) is 6.94. The van der Waals surface area contributed by atoms with Crippen molar-refractivity contribution in [2.75, 3.05) is 13.1 Å². The average Bonchev–Trinajstić information content (AvgIpc) is 2.54. The normalized spacial score (nSPS) is 10.4. The van der Waals surface area contributed by atoms with Crippen molar-refractivity contribution in [1.82, 2.24) is 10.6 Å². The van der Waals surface area contributed by atoms with Crippen LogP contribution in [0, 0.1) is 0 Å². The highest BCUT2D eigenvalue weighted by Gasteiger charge is 2.01. The minimum absolute atomic E-state index is 0.0783. The molecule has 0 fully saturated rings. The highest BCUT2D eigenvalue weighted by molar-refractivity contribution is 6.30. The summed E-state index contributed by atoms with van der Waals surface area (Å²) >= 11 is 5.83. The predicted octanol–water partition coefficient (Wildman–Crippen LogP) is 3.18. The summed E-state index contributed by atoms with van der Waals surface area (Å²) in [7, 11) is 0. The largest absolute Gasteiger partial charge is 0.356 e. The number of amides is 1. The van der Waals surface area contributed by atoms with Crippen LogP contribution in [-0.2, 0) is 17.8 Å². The smallest absolute Gasteiger partial charge is 0.221 e. The third-order valence-corrected chi connectivity index (χ3v) is 3.60. The number of nitrogens with one attached hydrogen (secondary N) is 2. The minimum Gasteiger partial charge on any atom is -0.356 e. The number of carbonyl (C=O) groups is 1. The summed E-state index contributed by atoms with van der Waals surface area (Å²) < 4.78 is 0. The molecule has 0 aliphatic heterocycles. The molecular weight excluding hydrogens is 296 g/mol. The van der Waals surface area contributed by atoms with Gasteiger partial charge in [0.15, 0.2) is 0 Å². The molecule has 3 nitrogen and oxygen atoms in total. The van der Waals surface area contributed by atoms with E-state index in [1.54, 1.807) is 0 Å². The minimum atomic E-state index is 0.0783. The van der Waals surface area contributed by atoms with Crippen molar-refractivity contribution < 1.29 is 4.79 Å². The van der Waals surface area contributed by atoms with Gasteiger partial charge in [-0.3, -0.25) is 4.79 Å². The molecule has 0 bridgehead atoms. The number of carbonyl (C=O) groups excluding carboxylic acids is 1. The molecule has 116 valence electrons. The van der Waals surface area contributed by atoms with Crippen molar-refractivity contribution in [3.63, 3.8) is 0 Å². The zero-order valence-electron chi connectivity index (χ0n) is 12.5. The highest BCUT2D eigenvalue weighted by atomic mass is 35.5. The molecule has 0 atom stereocenters. The van der Waals surface area contributed by atoms with Crippen LogP contribution < -0.4 is 10.6 Å². The van der Waals surface area contributed by atoms with Gasteiger partial charge in [-0.25, -0.2) is 0 Å². The van der Waals surface area contributed by atoms with Gasteiger partial charge in [0.1, 0.15) is 0 Å². The summed E-state index contributed by atoms with van der Waals surface area (Å²) in [6, 6.07) is 17.9. The molecular formula is C18H21ClN2O. The molecule has 2 aromatic rings. The fourth-order valence-electron chi connectivity index (χ4n) is 2.12. The van der Waals surface area contributed by atoms with Crippen LogP contribution in [-0.4, -0.2) is 19.0 Å². The lowest BCUT2D eigenvalue weighted by Crippen LogP contribution is -2.29. The Labute approximate surface area is 136 Å². The topological polar surface area (TPSA) is 41.1 Å². The van der Waals surface area contributed by atoms with Crippen molar-refractivity contribution in [1.29, 1.82) is 0 Å². The van der Waals surface area contributed by atoms with E-state index in [0.717, 1.165) is 18.0 Å². The van der Waals surface area contributed by atoms with Crippen LogP contribution in [0.5, 0.6) is 0 Å². The Bertz CT molecular complexity index is 569. The first-order valence-corrected chi connectivity index (χ1v) is 7.87. The average molecular weight is 317 g/mol. The Hall–Kier alpha value is -1.84. The third kappa shape index (κ3) is 6.29. The maximum Gasteiger partial charge on any atom is 0.221 e. The maximum atomic E-state index is 11.7. The number of halogens is 1. The molecule has 0 spiro atoms. The first kappa shape index (κ1) is 16.5. The Morgan fingerprint density at radius 3 is 2.36 bits per heavy atom. The standard InChI is InChI=1S/C18H21ClN2O/c19-17-8-6-15(7-9-17)10-13-21-18(22)11-12-20-14-16-4-2-1-3-5-16/h1-9,20H,10-14H2,(H,21,22). The van der Waals surface area contributed by atoms with Gasteiger partial charge in [0.05, 0.1) is 0 Å². The molecule has 0 heterocycles. The van der Waals surface area contributed by atoms with Gasteiger partial charge >= 0.3 is 0 Å². The third-order valence-electron chi connectivity index (χ3n) is 3.35. The van der Waals surface area contributed by atoms with E-state index in [0.29, 0.717) is 19.5 Å². The molecule has 2 aromatic carbocycles. The second kappa shape index (κ2) is 9.23. The highest BCUT2D eigenvalue weighted by Crippen LogP contribution is 2.09. The molecule has 0 aliphatic carbocycles. The number of benzene rings is 2. The van der Waals surface area contributed by atoms with E-state index in [4.69, 9.17) is 11.6 Å². The quantitative estimate of drug-likeness (QED) is 0.734. The van der Waals surface area contributed by atoms with E-state index in [1.807, 2.05) is 42.5 Å². The van der Waals surface area contributed by atoms with Gasteiger partial charge < -0.3 is 10.6 Å². The molecule has 0 saturated carbocycles. The van der Waals surface area contributed by atoms with Crippen LogP contribution in [0.3, 0.4) is 0 Å². The second-order valence-electron chi connectivity index (χ2n) is 5.14. The molecule has 2 N–H and O–H groups in total. The van der Waals surface area contributed by atoms with Crippen molar-refractivity contribution in [2.24, 2.45) is 0 Å². The second-order valence-corrected chi connectivity index (χ2v) is 5.58. The summed E-state index contributed by atoms with van der Waals surface area (Å²) in [6.07, 6.45) is 1.31. The Morgan fingerprint density at radius 2 is 1.64 bits per heavy atom. The van der Waals surface area contributed by atoms with Crippen molar-refractivity contribution >= 4 is 17.5 Å². The maximum absolute atomic E-state index is 11.7. The van der Waals surface area contributed by atoms with Gasteiger partial charge in [0, 0.05) is 31.1 Å². The van der Waals surface area contributed by atoms with E-state index in [-0.39, 0.29) is 5.91 Å². The SMILES string of the molecule is O=C(CCNCc1ccccc1)NCCc1ccc(Cl)cc1. The molecule has 0 radical (unpaired) electrons. The number of hydrogen-bond donors (Lipinski definition) is 2. The summed E-state index contributed by atoms with van der Waals surface area (Å²) in [5.74, 6) is 0.0783.